The van der Waals surface area contributed by atoms with Gasteiger partial charge in [-0.15, -0.1) is 0 Å². The molecule has 0 aliphatic rings. The van der Waals surface area contributed by atoms with E-state index in [0.29, 0.717) is 0 Å². The number of hydrogen-bond acceptors (Lipinski definition) is 2. The quantitative estimate of drug-likeness (QED) is 0.826. The first-order chi connectivity index (χ1) is 8.56. The van der Waals surface area contributed by atoms with Crippen LogP contribution in [0.2, 0.25) is 0 Å². The molecule has 0 amide bonds. The summed E-state index contributed by atoms with van der Waals surface area (Å²) < 4.78 is 2.19. The van der Waals surface area contributed by atoms with Crippen molar-refractivity contribution in [2.45, 2.75) is 40.7 Å². The Kier molecular flexibility index (Phi) is 3.38. The first-order valence-electron chi connectivity index (χ1n) is 6.42. The van der Waals surface area contributed by atoms with Gasteiger partial charge in [-0.2, -0.15) is 5.26 Å². The lowest BCUT2D eigenvalue weighted by molar-refractivity contribution is 0.572. The molecule has 1 heterocycles. The van der Waals surface area contributed by atoms with E-state index in [1.54, 1.807) is 0 Å². The van der Waals surface area contributed by atoms with Crippen molar-refractivity contribution in [3.8, 4) is 6.07 Å². The van der Waals surface area contributed by atoms with Crippen molar-refractivity contribution in [2.24, 2.45) is 5.92 Å². The Hall–Kier alpha value is -1.82. The van der Waals surface area contributed by atoms with Gasteiger partial charge in [0, 0.05) is 13.0 Å². The molecule has 3 nitrogen and oxygen atoms in total. The molecule has 2 aromatic rings. The molecule has 0 bridgehead atoms. The molecule has 1 atom stereocenters. The summed E-state index contributed by atoms with van der Waals surface area (Å²) in [5, 5.41) is 8.98. The molecule has 0 fully saturated rings. The number of aromatic nitrogens is 2. The van der Waals surface area contributed by atoms with Gasteiger partial charge in [0.1, 0.15) is 5.82 Å². The molecule has 18 heavy (non-hydrogen) atoms. The van der Waals surface area contributed by atoms with Crippen molar-refractivity contribution in [3.05, 3.63) is 29.1 Å². The van der Waals surface area contributed by atoms with Gasteiger partial charge in [-0.1, -0.05) is 6.92 Å². The van der Waals surface area contributed by atoms with Gasteiger partial charge in [0.05, 0.1) is 23.0 Å². The lowest BCUT2D eigenvalue weighted by atomic mass is 10.1. The highest BCUT2D eigenvalue weighted by Gasteiger charge is 2.12. The Morgan fingerprint density at radius 1 is 1.33 bits per heavy atom. The summed E-state index contributed by atoms with van der Waals surface area (Å²) in [5.74, 6) is 1.08. The van der Waals surface area contributed by atoms with Crippen molar-refractivity contribution >= 4 is 11.0 Å². The molecule has 94 valence electrons. The number of nitrogens with zero attached hydrogens (tertiary/aromatic N) is 3. The Bertz CT molecular complexity index is 617. The predicted molar refractivity (Wildman–Crippen MR) is 73.4 cm³/mol. The van der Waals surface area contributed by atoms with Gasteiger partial charge in [-0.25, -0.2) is 4.98 Å². The zero-order valence-electron chi connectivity index (χ0n) is 11.5. The third-order valence-electron chi connectivity index (χ3n) is 3.44. The highest BCUT2D eigenvalue weighted by atomic mass is 15.1. The number of benzene rings is 1. The Morgan fingerprint density at radius 2 is 2.00 bits per heavy atom. The topological polar surface area (TPSA) is 41.6 Å². The maximum Gasteiger partial charge on any atom is 0.109 e. The summed E-state index contributed by atoms with van der Waals surface area (Å²) in [6.45, 7) is 9.00. The fourth-order valence-corrected chi connectivity index (χ4v) is 2.22. The molecule has 0 spiro atoms. The van der Waals surface area contributed by atoms with Crippen LogP contribution in [0, 0.1) is 31.1 Å². The fourth-order valence-electron chi connectivity index (χ4n) is 2.22. The van der Waals surface area contributed by atoms with Crippen LogP contribution in [0.1, 0.15) is 30.8 Å². The standard InChI is InChI=1S/C15H19N3/c1-5-15-17-13-6-11(3)12(4)7-14(13)18(15)9-10(2)8-16/h6-7,10H,5,9H2,1-4H3. The molecule has 0 aliphatic heterocycles. The van der Waals surface area contributed by atoms with E-state index in [-0.39, 0.29) is 5.92 Å². The van der Waals surface area contributed by atoms with Crippen LogP contribution in [-0.2, 0) is 13.0 Å². The number of nitriles is 1. The predicted octanol–water partition coefficient (Wildman–Crippen LogP) is 3.38. The highest BCUT2D eigenvalue weighted by molar-refractivity contribution is 5.78. The summed E-state index contributed by atoms with van der Waals surface area (Å²) in [7, 11) is 0. The van der Waals surface area contributed by atoms with Crippen LogP contribution in [0.3, 0.4) is 0 Å². The third-order valence-corrected chi connectivity index (χ3v) is 3.44. The first kappa shape index (κ1) is 12.6. The van der Waals surface area contributed by atoms with E-state index >= 15 is 0 Å². The number of imidazole rings is 1. The van der Waals surface area contributed by atoms with Crippen molar-refractivity contribution in [3.63, 3.8) is 0 Å². The molecule has 1 unspecified atom stereocenters. The largest absolute Gasteiger partial charge is 0.327 e. The molecule has 0 saturated heterocycles. The van der Waals surface area contributed by atoms with Gasteiger partial charge in [-0.05, 0) is 44.0 Å². The second-order valence-electron chi connectivity index (χ2n) is 4.95. The molecule has 1 aromatic heterocycles. The number of rotatable bonds is 3. The van der Waals surface area contributed by atoms with Crippen LogP contribution in [-0.4, -0.2) is 9.55 Å². The minimum absolute atomic E-state index is 0.00862. The zero-order chi connectivity index (χ0) is 13.3. The van der Waals surface area contributed by atoms with Crippen LogP contribution in [0.15, 0.2) is 12.1 Å². The van der Waals surface area contributed by atoms with Crippen molar-refractivity contribution in [1.82, 2.24) is 9.55 Å². The molecular formula is C15H19N3. The smallest absolute Gasteiger partial charge is 0.109 e. The van der Waals surface area contributed by atoms with Crippen LogP contribution >= 0.6 is 0 Å². The average Bonchev–Trinajstić information content (AvgIpc) is 2.67. The van der Waals surface area contributed by atoms with E-state index in [1.807, 2.05) is 6.92 Å². The second kappa shape index (κ2) is 4.81. The van der Waals surface area contributed by atoms with Crippen molar-refractivity contribution < 1.29 is 0 Å². The van der Waals surface area contributed by atoms with Crippen LogP contribution in [0.5, 0.6) is 0 Å². The number of fused-ring (bicyclic) bond motifs is 1. The van der Waals surface area contributed by atoms with Gasteiger partial charge in [0.25, 0.3) is 0 Å². The monoisotopic (exact) mass is 241 g/mol. The van der Waals surface area contributed by atoms with Gasteiger partial charge in [-0.3, -0.25) is 0 Å². The Morgan fingerprint density at radius 3 is 2.61 bits per heavy atom. The lowest BCUT2D eigenvalue weighted by Gasteiger charge is -2.10. The van der Waals surface area contributed by atoms with Gasteiger partial charge < -0.3 is 4.57 Å². The van der Waals surface area contributed by atoms with Crippen LogP contribution < -0.4 is 0 Å². The fraction of sp³-hybridized carbons (Fsp3) is 0.467. The maximum absolute atomic E-state index is 8.98. The Balaban J connectivity index is 2.62. The van der Waals surface area contributed by atoms with E-state index in [0.717, 1.165) is 29.8 Å². The minimum Gasteiger partial charge on any atom is -0.327 e. The van der Waals surface area contributed by atoms with Crippen molar-refractivity contribution in [1.29, 1.82) is 5.26 Å². The summed E-state index contributed by atoms with van der Waals surface area (Å²) in [5.41, 5.74) is 4.73. The molecule has 0 aliphatic carbocycles. The molecule has 1 aromatic carbocycles. The van der Waals surface area contributed by atoms with Gasteiger partial charge in [0.2, 0.25) is 0 Å². The maximum atomic E-state index is 8.98. The second-order valence-corrected chi connectivity index (χ2v) is 4.95. The molecule has 0 saturated carbocycles. The van der Waals surface area contributed by atoms with E-state index in [9.17, 15) is 0 Å². The van der Waals surface area contributed by atoms with E-state index < -0.39 is 0 Å². The van der Waals surface area contributed by atoms with E-state index in [1.165, 1.54) is 11.1 Å². The minimum atomic E-state index is 0.00862. The molecule has 3 heteroatoms. The Labute approximate surface area is 108 Å². The lowest BCUT2D eigenvalue weighted by Crippen LogP contribution is -2.09. The molecule has 0 N–H and O–H groups in total. The van der Waals surface area contributed by atoms with E-state index in [4.69, 9.17) is 5.26 Å². The summed E-state index contributed by atoms with van der Waals surface area (Å²) in [4.78, 5) is 4.67. The molecule has 2 rings (SSSR count). The normalized spacial score (nSPS) is 12.6. The zero-order valence-corrected chi connectivity index (χ0v) is 11.5. The number of aryl methyl sites for hydroxylation is 3. The van der Waals surface area contributed by atoms with E-state index in [2.05, 4.69) is 48.5 Å². The first-order valence-corrected chi connectivity index (χ1v) is 6.42. The highest BCUT2D eigenvalue weighted by Crippen LogP contribution is 2.22. The van der Waals surface area contributed by atoms with Gasteiger partial charge >= 0.3 is 0 Å². The summed E-state index contributed by atoms with van der Waals surface area (Å²) in [6, 6.07) is 6.61. The summed E-state index contributed by atoms with van der Waals surface area (Å²) in [6.07, 6.45) is 0.894. The third kappa shape index (κ3) is 2.11. The molecule has 0 radical (unpaired) electrons. The SMILES string of the molecule is CCc1nc2cc(C)c(C)cc2n1CC(C)C#N. The van der Waals surface area contributed by atoms with Crippen LogP contribution in [0.25, 0.3) is 11.0 Å². The summed E-state index contributed by atoms with van der Waals surface area (Å²) >= 11 is 0. The van der Waals surface area contributed by atoms with Gasteiger partial charge in [0.15, 0.2) is 0 Å². The van der Waals surface area contributed by atoms with Crippen LogP contribution in [0.4, 0.5) is 0 Å². The molecular weight excluding hydrogens is 222 g/mol. The average molecular weight is 241 g/mol. The number of hydrogen-bond donors (Lipinski definition) is 0. The van der Waals surface area contributed by atoms with Crippen molar-refractivity contribution in [2.75, 3.05) is 0 Å².